The molecule has 118 valence electrons. The Morgan fingerprint density at radius 2 is 1.61 bits per heavy atom. The highest BCUT2D eigenvalue weighted by Crippen LogP contribution is 2.22. The summed E-state index contributed by atoms with van der Waals surface area (Å²) in [5, 5.41) is 0. The minimum absolute atomic E-state index is 0.704. The zero-order chi connectivity index (χ0) is 15.8. The van der Waals surface area contributed by atoms with Crippen LogP contribution in [-0.4, -0.2) is 56.1 Å². The van der Waals surface area contributed by atoms with E-state index in [0.29, 0.717) is 5.65 Å². The summed E-state index contributed by atoms with van der Waals surface area (Å²) in [5.41, 5.74) is 3.61. The molecule has 23 heavy (non-hydrogen) atoms. The first kappa shape index (κ1) is 13.9. The smallest absolute Gasteiger partial charge is 0.225 e. The maximum Gasteiger partial charge on any atom is 0.225 e. The molecule has 0 aliphatic carbocycles. The summed E-state index contributed by atoms with van der Waals surface area (Å²) in [7, 11) is 0. The van der Waals surface area contributed by atoms with Gasteiger partial charge in [0.05, 0.1) is 6.33 Å². The van der Waals surface area contributed by atoms with E-state index in [1.807, 2.05) is 19.9 Å². The summed E-state index contributed by atoms with van der Waals surface area (Å²) in [6.07, 6.45) is 3.22. The summed E-state index contributed by atoms with van der Waals surface area (Å²) in [6, 6.07) is 2.00. The number of aromatic amines is 1. The molecule has 0 bridgehead atoms. The normalized spacial score (nSPS) is 15.4. The number of aryl methyl sites for hydroxylation is 2. The SMILES string of the molecule is Cc1cc(C)nc(N2CCN(c3ncnc4nc[nH]c34)CC2)n1. The second kappa shape index (κ2) is 5.45. The molecule has 1 aliphatic rings. The molecular weight excluding hydrogens is 292 g/mol. The predicted octanol–water partition coefficient (Wildman–Crippen LogP) is 1.09. The lowest BCUT2D eigenvalue weighted by atomic mass is 10.3. The second-order valence-electron chi connectivity index (χ2n) is 5.72. The maximum atomic E-state index is 4.55. The van der Waals surface area contributed by atoms with Crippen LogP contribution in [0.5, 0.6) is 0 Å². The number of hydrogen-bond acceptors (Lipinski definition) is 7. The highest BCUT2D eigenvalue weighted by atomic mass is 15.3. The third-order valence-electron chi connectivity index (χ3n) is 4.04. The van der Waals surface area contributed by atoms with Gasteiger partial charge in [0, 0.05) is 37.6 Å². The molecule has 4 rings (SSSR count). The van der Waals surface area contributed by atoms with Crippen LogP contribution in [0.2, 0.25) is 0 Å². The predicted molar refractivity (Wildman–Crippen MR) is 87.6 cm³/mol. The lowest BCUT2D eigenvalue weighted by molar-refractivity contribution is 0.633. The molecule has 1 fully saturated rings. The average Bonchev–Trinajstić information content (AvgIpc) is 3.02. The van der Waals surface area contributed by atoms with Crippen LogP contribution >= 0.6 is 0 Å². The van der Waals surface area contributed by atoms with E-state index in [1.54, 1.807) is 12.7 Å². The van der Waals surface area contributed by atoms with E-state index in [-0.39, 0.29) is 0 Å². The number of fused-ring (bicyclic) bond motifs is 1. The summed E-state index contributed by atoms with van der Waals surface area (Å²) >= 11 is 0. The Hall–Kier alpha value is -2.77. The van der Waals surface area contributed by atoms with Crippen LogP contribution in [0.4, 0.5) is 11.8 Å². The lowest BCUT2D eigenvalue weighted by Crippen LogP contribution is -2.47. The molecule has 3 aromatic rings. The molecule has 0 saturated carbocycles. The van der Waals surface area contributed by atoms with Crippen LogP contribution < -0.4 is 9.80 Å². The molecule has 0 aromatic carbocycles. The maximum absolute atomic E-state index is 4.55. The Kier molecular flexibility index (Phi) is 3.29. The third kappa shape index (κ3) is 2.56. The number of H-pyrrole nitrogens is 1. The van der Waals surface area contributed by atoms with Crippen molar-refractivity contribution in [1.29, 1.82) is 0 Å². The molecule has 1 saturated heterocycles. The van der Waals surface area contributed by atoms with Crippen LogP contribution in [0, 0.1) is 13.8 Å². The molecule has 8 heteroatoms. The van der Waals surface area contributed by atoms with Gasteiger partial charge in [-0.2, -0.15) is 0 Å². The largest absolute Gasteiger partial charge is 0.351 e. The zero-order valence-electron chi connectivity index (χ0n) is 13.2. The average molecular weight is 310 g/mol. The molecule has 1 N–H and O–H groups in total. The first-order valence-electron chi connectivity index (χ1n) is 7.67. The Labute approximate surface area is 133 Å². The fourth-order valence-electron chi connectivity index (χ4n) is 2.96. The van der Waals surface area contributed by atoms with Gasteiger partial charge in [0.25, 0.3) is 0 Å². The van der Waals surface area contributed by atoms with Crippen molar-refractivity contribution in [3.63, 3.8) is 0 Å². The van der Waals surface area contributed by atoms with Crippen molar-refractivity contribution in [3.05, 3.63) is 30.1 Å². The Bertz CT molecular complexity index is 814. The van der Waals surface area contributed by atoms with Gasteiger partial charge in [-0.3, -0.25) is 0 Å². The highest BCUT2D eigenvalue weighted by Gasteiger charge is 2.22. The van der Waals surface area contributed by atoms with Crippen molar-refractivity contribution in [1.82, 2.24) is 29.9 Å². The van der Waals surface area contributed by atoms with Crippen molar-refractivity contribution in [3.8, 4) is 0 Å². The molecule has 0 radical (unpaired) electrons. The molecule has 1 aliphatic heterocycles. The van der Waals surface area contributed by atoms with Gasteiger partial charge in [-0.1, -0.05) is 0 Å². The minimum Gasteiger partial charge on any atom is -0.351 e. The van der Waals surface area contributed by atoms with Gasteiger partial charge in [0.1, 0.15) is 11.8 Å². The fraction of sp³-hybridized carbons (Fsp3) is 0.400. The van der Waals surface area contributed by atoms with E-state index in [4.69, 9.17) is 0 Å². The molecule has 8 nitrogen and oxygen atoms in total. The number of imidazole rings is 1. The molecule has 4 heterocycles. The fourth-order valence-corrected chi connectivity index (χ4v) is 2.96. The second-order valence-corrected chi connectivity index (χ2v) is 5.72. The van der Waals surface area contributed by atoms with E-state index >= 15 is 0 Å². The molecular formula is C15H18N8. The van der Waals surface area contributed by atoms with E-state index in [9.17, 15) is 0 Å². The molecule has 0 amide bonds. The van der Waals surface area contributed by atoms with Crippen molar-refractivity contribution < 1.29 is 0 Å². The van der Waals surface area contributed by atoms with Gasteiger partial charge in [-0.05, 0) is 19.9 Å². The monoisotopic (exact) mass is 310 g/mol. The number of piperazine rings is 1. The standard InChI is InChI=1S/C15H18N8/c1-10-7-11(2)21-15(20-10)23-5-3-22(4-6-23)14-12-13(17-8-16-12)18-9-19-14/h7-9H,3-6H2,1-2H3,(H,16,17,18,19). The summed E-state index contributed by atoms with van der Waals surface area (Å²) in [5.74, 6) is 1.73. The number of rotatable bonds is 2. The van der Waals surface area contributed by atoms with Gasteiger partial charge < -0.3 is 14.8 Å². The quantitative estimate of drug-likeness (QED) is 0.758. The third-order valence-corrected chi connectivity index (χ3v) is 4.04. The highest BCUT2D eigenvalue weighted by molar-refractivity contribution is 5.82. The number of hydrogen-bond donors (Lipinski definition) is 1. The first-order chi connectivity index (χ1) is 11.2. The van der Waals surface area contributed by atoms with Crippen LogP contribution in [-0.2, 0) is 0 Å². The summed E-state index contributed by atoms with van der Waals surface area (Å²) < 4.78 is 0. The van der Waals surface area contributed by atoms with Gasteiger partial charge in [0.15, 0.2) is 11.5 Å². The van der Waals surface area contributed by atoms with Crippen molar-refractivity contribution in [2.24, 2.45) is 0 Å². The summed E-state index contributed by atoms with van der Waals surface area (Å²) in [6.45, 7) is 7.46. The van der Waals surface area contributed by atoms with Crippen LogP contribution in [0.25, 0.3) is 11.2 Å². The Morgan fingerprint density at radius 3 is 2.35 bits per heavy atom. The Balaban J connectivity index is 1.54. The van der Waals surface area contributed by atoms with Crippen molar-refractivity contribution >= 4 is 22.9 Å². The van der Waals surface area contributed by atoms with Crippen molar-refractivity contribution in [2.75, 3.05) is 36.0 Å². The van der Waals surface area contributed by atoms with Gasteiger partial charge in [-0.15, -0.1) is 0 Å². The Morgan fingerprint density at radius 1 is 0.913 bits per heavy atom. The summed E-state index contributed by atoms with van der Waals surface area (Å²) in [4.78, 5) is 29.5. The molecule has 0 atom stereocenters. The van der Waals surface area contributed by atoms with E-state index < -0.39 is 0 Å². The number of anilines is 2. The van der Waals surface area contributed by atoms with Crippen molar-refractivity contribution in [2.45, 2.75) is 13.8 Å². The minimum atomic E-state index is 0.704. The van der Waals surface area contributed by atoms with E-state index in [1.165, 1.54) is 0 Å². The number of nitrogens with zero attached hydrogens (tertiary/aromatic N) is 7. The van der Waals surface area contributed by atoms with Gasteiger partial charge >= 0.3 is 0 Å². The molecule has 3 aromatic heterocycles. The topological polar surface area (TPSA) is 86.7 Å². The number of aromatic nitrogens is 6. The zero-order valence-corrected chi connectivity index (χ0v) is 13.2. The van der Waals surface area contributed by atoms with E-state index in [0.717, 1.165) is 54.8 Å². The molecule has 0 unspecified atom stereocenters. The van der Waals surface area contributed by atoms with Crippen LogP contribution in [0.3, 0.4) is 0 Å². The lowest BCUT2D eigenvalue weighted by Gasteiger charge is -2.35. The number of nitrogens with one attached hydrogen (secondary N) is 1. The van der Waals surface area contributed by atoms with Gasteiger partial charge in [0.2, 0.25) is 5.95 Å². The van der Waals surface area contributed by atoms with Gasteiger partial charge in [-0.25, -0.2) is 24.9 Å². The first-order valence-corrected chi connectivity index (χ1v) is 7.67. The van der Waals surface area contributed by atoms with E-state index in [2.05, 4.69) is 39.7 Å². The van der Waals surface area contributed by atoms with Crippen LogP contribution in [0.1, 0.15) is 11.4 Å². The molecule has 0 spiro atoms. The van der Waals surface area contributed by atoms with Crippen LogP contribution in [0.15, 0.2) is 18.7 Å².